The second kappa shape index (κ2) is 3.41. The molecule has 1 rings (SSSR count). The summed E-state index contributed by atoms with van der Waals surface area (Å²) in [5.41, 5.74) is 0. The molecule has 0 bridgehead atoms. The highest BCUT2D eigenvalue weighted by Gasteiger charge is 2.01. The van der Waals surface area contributed by atoms with Crippen LogP contribution in [0.2, 0.25) is 0 Å². The van der Waals surface area contributed by atoms with Gasteiger partial charge in [0.05, 0.1) is 4.71 Å². The minimum atomic E-state index is 0.00829. The Hall–Kier alpha value is -0.000000000000000111. The van der Waals surface area contributed by atoms with E-state index in [2.05, 4.69) is 15.2 Å². The van der Waals surface area contributed by atoms with E-state index < -0.39 is 0 Å². The number of aromatic nitrogens is 3. The summed E-state index contributed by atoms with van der Waals surface area (Å²) < 4.78 is 0.466. The third-order valence-electron chi connectivity index (χ3n) is 0.753. The molecule has 0 saturated carbocycles. The van der Waals surface area contributed by atoms with Crippen molar-refractivity contribution in [3.05, 3.63) is 4.77 Å². The van der Waals surface area contributed by atoms with Crippen molar-refractivity contribution in [3.8, 4) is 0 Å². The van der Waals surface area contributed by atoms with E-state index in [4.69, 9.17) is 23.8 Å². The molecule has 1 heterocycles. The number of hydrogen-bond acceptors (Lipinski definition) is 3. The molecule has 6 heteroatoms. The molecule has 0 amide bonds. The molecule has 0 aliphatic carbocycles. The predicted molar refractivity (Wildman–Crippen MR) is 44.9 cm³/mol. The fourth-order valence-corrected chi connectivity index (χ4v) is 1.48. The third-order valence-corrected chi connectivity index (χ3v) is 1.96. The lowest BCUT2D eigenvalue weighted by molar-refractivity contribution is 0.971. The number of rotatable bonds is 2. The Bertz CT molecular complexity index is 253. The Labute approximate surface area is 72.6 Å². The Kier molecular flexibility index (Phi) is 2.76. The topological polar surface area (TPSA) is 44.5 Å². The van der Waals surface area contributed by atoms with Gasteiger partial charge in [0.1, 0.15) is 0 Å². The lowest BCUT2D eigenvalue weighted by Gasteiger charge is -1.94. The van der Waals surface area contributed by atoms with Crippen molar-refractivity contribution in [2.75, 3.05) is 0 Å². The fourth-order valence-electron chi connectivity index (χ4n) is 0.465. The molecule has 2 N–H and O–H groups in total. The number of alkyl halides is 1. The van der Waals surface area contributed by atoms with Crippen LogP contribution in [0.4, 0.5) is 0 Å². The van der Waals surface area contributed by atoms with E-state index in [0.29, 0.717) is 4.77 Å². The molecule has 0 spiro atoms. The number of halogens is 1. The standard InChI is InChI=1S/C4H6ClN3S2/c1-2(5)10-4-6-3(9)7-8-4/h2H,1H3,(H2,6,7,8,9). The molecule has 0 aliphatic heterocycles. The molecule has 0 aliphatic rings. The molecule has 56 valence electrons. The second-order valence-electron chi connectivity index (χ2n) is 1.63. The van der Waals surface area contributed by atoms with Gasteiger partial charge in [-0.05, 0) is 19.1 Å². The predicted octanol–water partition coefficient (Wildman–Crippen LogP) is 2.14. The van der Waals surface area contributed by atoms with E-state index in [0.717, 1.165) is 5.16 Å². The third kappa shape index (κ3) is 2.32. The fraction of sp³-hybridized carbons (Fsp3) is 0.500. The zero-order valence-electron chi connectivity index (χ0n) is 5.22. The van der Waals surface area contributed by atoms with Crippen molar-refractivity contribution in [1.82, 2.24) is 15.2 Å². The molecular formula is C4H6ClN3S2. The summed E-state index contributed by atoms with van der Waals surface area (Å²) >= 11 is 11.8. The Morgan fingerprint density at radius 1 is 1.70 bits per heavy atom. The number of aromatic amines is 2. The first-order valence-electron chi connectivity index (χ1n) is 2.64. The highest BCUT2D eigenvalue weighted by molar-refractivity contribution is 8.00. The first kappa shape index (κ1) is 8.10. The van der Waals surface area contributed by atoms with Crippen molar-refractivity contribution < 1.29 is 0 Å². The number of H-pyrrole nitrogens is 2. The second-order valence-corrected chi connectivity index (χ2v) is 4.26. The Balaban J connectivity index is 2.67. The first-order valence-corrected chi connectivity index (χ1v) is 4.36. The van der Waals surface area contributed by atoms with Crippen molar-refractivity contribution in [2.45, 2.75) is 16.8 Å². The van der Waals surface area contributed by atoms with Gasteiger partial charge in [-0.3, -0.25) is 10.2 Å². The monoisotopic (exact) mass is 195 g/mol. The van der Waals surface area contributed by atoms with Crippen LogP contribution in [0, 0.1) is 4.77 Å². The number of nitrogens with zero attached hydrogens (tertiary/aromatic N) is 1. The quantitative estimate of drug-likeness (QED) is 0.432. The van der Waals surface area contributed by atoms with Crippen LogP contribution < -0.4 is 0 Å². The van der Waals surface area contributed by atoms with Crippen LogP contribution >= 0.6 is 35.6 Å². The Morgan fingerprint density at radius 3 is 2.80 bits per heavy atom. The van der Waals surface area contributed by atoms with Crippen LogP contribution in [0.3, 0.4) is 0 Å². The maximum Gasteiger partial charge on any atom is 0.214 e. The van der Waals surface area contributed by atoms with Crippen molar-refractivity contribution in [3.63, 3.8) is 0 Å². The van der Waals surface area contributed by atoms with Crippen molar-refractivity contribution >= 4 is 35.6 Å². The average Bonchev–Trinajstić information content (AvgIpc) is 2.13. The highest BCUT2D eigenvalue weighted by atomic mass is 35.5. The van der Waals surface area contributed by atoms with Gasteiger partial charge in [-0.15, -0.1) is 11.6 Å². The van der Waals surface area contributed by atoms with Gasteiger partial charge < -0.3 is 0 Å². The summed E-state index contributed by atoms with van der Waals surface area (Å²) in [6.45, 7) is 1.87. The molecule has 10 heavy (non-hydrogen) atoms. The van der Waals surface area contributed by atoms with Crippen LogP contribution in [0.1, 0.15) is 6.92 Å². The van der Waals surface area contributed by atoms with Crippen molar-refractivity contribution in [1.29, 1.82) is 0 Å². The summed E-state index contributed by atoms with van der Waals surface area (Å²) in [7, 11) is 0. The molecule has 1 aromatic rings. The van der Waals surface area contributed by atoms with E-state index in [1.54, 1.807) is 0 Å². The molecule has 0 fully saturated rings. The van der Waals surface area contributed by atoms with Crippen LogP contribution in [0.25, 0.3) is 0 Å². The van der Waals surface area contributed by atoms with Crippen LogP contribution in [-0.4, -0.2) is 19.9 Å². The largest absolute Gasteiger partial charge is 0.277 e. The molecule has 0 aromatic carbocycles. The van der Waals surface area contributed by atoms with Gasteiger partial charge in [-0.25, -0.2) is 0 Å². The minimum Gasteiger partial charge on any atom is -0.277 e. The number of hydrogen-bond donors (Lipinski definition) is 2. The molecule has 0 saturated heterocycles. The zero-order chi connectivity index (χ0) is 7.56. The summed E-state index contributed by atoms with van der Waals surface area (Å²) in [6, 6.07) is 0. The lowest BCUT2D eigenvalue weighted by atomic mass is 11.0. The van der Waals surface area contributed by atoms with E-state index in [1.165, 1.54) is 11.8 Å². The molecule has 3 nitrogen and oxygen atoms in total. The van der Waals surface area contributed by atoms with E-state index in [-0.39, 0.29) is 4.71 Å². The smallest absolute Gasteiger partial charge is 0.214 e. The average molecular weight is 196 g/mol. The first-order chi connectivity index (χ1) is 4.68. The maximum atomic E-state index is 5.68. The van der Waals surface area contributed by atoms with Crippen LogP contribution in [0.15, 0.2) is 5.16 Å². The van der Waals surface area contributed by atoms with Gasteiger partial charge in [0, 0.05) is 0 Å². The van der Waals surface area contributed by atoms with Crippen LogP contribution in [0.5, 0.6) is 0 Å². The van der Waals surface area contributed by atoms with Gasteiger partial charge in [0.25, 0.3) is 0 Å². The molecule has 0 radical (unpaired) electrons. The maximum absolute atomic E-state index is 5.68. The van der Waals surface area contributed by atoms with Gasteiger partial charge in [-0.2, -0.15) is 4.98 Å². The lowest BCUT2D eigenvalue weighted by Crippen LogP contribution is -1.83. The molecule has 1 atom stereocenters. The normalized spacial score (nSPS) is 13.4. The highest BCUT2D eigenvalue weighted by Crippen LogP contribution is 2.20. The molecular weight excluding hydrogens is 190 g/mol. The van der Waals surface area contributed by atoms with Gasteiger partial charge in [0.2, 0.25) is 4.77 Å². The number of nitrogens with one attached hydrogen (secondary N) is 2. The summed E-state index contributed by atoms with van der Waals surface area (Å²) in [4.78, 5) is 3.93. The van der Waals surface area contributed by atoms with Gasteiger partial charge in [-0.1, -0.05) is 11.8 Å². The zero-order valence-corrected chi connectivity index (χ0v) is 7.61. The van der Waals surface area contributed by atoms with Crippen molar-refractivity contribution in [2.24, 2.45) is 0 Å². The molecule has 1 aromatic heterocycles. The van der Waals surface area contributed by atoms with Gasteiger partial charge >= 0.3 is 0 Å². The number of thioether (sulfide) groups is 1. The minimum absolute atomic E-state index is 0.00829. The summed E-state index contributed by atoms with van der Waals surface area (Å²) in [5, 5.41) is 6.18. The Morgan fingerprint density at radius 2 is 2.40 bits per heavy atom. The van der Waals surface area contributed by atoms with Crippen LogP contribution in [-0.2, 0) is 0 Å². The summed E-state index contributed by atoms with van der Waals surface area (Å²) in [5.74, 6) is 0. The molecule has 1 unspecified atom stereocenters. The van der Waals surface area contributed by atoms with Gasteiger partial charge in [0.15, 0.2) is 5.16 Å². The van der Waals surface area contributed by atoms with E-state index in [9.17, 15) is 0 Å². The SMILES string of the molecule is CC(Cl)Sc1nc(=S)[nH][nH]1. The summed E-state index contributed by atoms with van der Waals surface area (Å²) in [6.07, 6.45) is 0. The van der Waals surface area contributed by atoms with E-state index >= 15 is 0 Å². The van der Waals surface area contributed by atoms with E-state index in [1.807, 2.05) is 6.92 Å².